The van der Waals surface area contributed by atoms with Gasteiger partial charge in [-0.2, -0.15) is 5.26 Å². The van der Waals surface area contributed by atoms with E-state index in [1.54, 1.807) is 25.8 Å². The van der Waals surface area contributed by atoms with Crippen LogP contribution in [0.15, 0.2) is 78.9 Å². The smallest absolute Gasteiger partial charge is 0.408 e. The third-order valence-corrected chi connectivity index (χ3v) is 12.1. The van der Waals surface area contributed by atoms with Crippen LogP contribution in [0, 0.1) is 17.2 Å². The summed E-state index contributed by atoms with van der Waals surface area (Å²) in [6, 6.07) is 26.0. The van der Waals surface area contributed by atoms with Crippen LogP contribution >= 0.6 is 7.75 Å². The molecule has 2 fully saturated rings. The highest BCUT2D eigenvalue weighted by Crippen LogP contribution is 2.55. The third-order valence-electron chi connectivity index (χ3n) is 9.65. The molecule has 5 atom stereocenters. The Morgan fingerprint density at radius 2 is 1.46 bits per heavy atom. The van der Waals surface area contributed by atoms with Gasteiger partial charge in [0.25, 0.3) is 0 Å². The van der Waals surface area contributed by atoms with E-state index in [2.05, 4.69) is 5.32 Å². The number of urea groups is 1. The largest absolute Gasteiger partial charge is 0.497 e. The highest BCUT2D eigenvalue weighted by molar-refractivity contribution is 7.51. The maximum atomic E-state index is 14.7. The van der Waals surface area contributed by atoms with Crippen molar-refractivity contribution in [2.75, 3.05) is 34.0 Å². The van der Waals surface area contributed by atoms with Gasteiger partial charge in [0.15, 0.2) is 0 Å². The first-order valence-corrected chi connectivity index (χ1v) is 19.7. The molecule has 3 amide bonds. The van der Waals surface area contributed by atoms with Crippen molar-refractivity contribution in [2.24, 2.45) is 5.92 Å². The summed E-state index contributed by atoms with van der Waals surface area (Å²) in [7, 11) is -0.785. The molecular formula is C40H51N4O9P. The predicted octanol–water partition coefficient (Wildman–Crippen LogP) is 6.86. The number of amides is 3. The molecule has 54 heavy (non-hydrogen) atoms. The average Bonchev–Trinajstić information content (AvgIpc) is 3.56. The van der Waals surface area contributed by atoms with Gasteiger partial charge in [-0.05, 0) is 68.7 Å². The highest BCUT2D eigenvalue weighted by Gasteiger charge is 2.50. The topological polar surface area (TPSA) is 149 Å². The summed E-state index contributed by atoms with van der Waals surface area (Å²) >= 11 is 0. The maximum Gasteiger partial charge on any atom is 0.408 e. The van der Waals surface area contributed by atoms with Gasteiger partial charge in [-0.15, -0.1) is 0 Å². The van der Waals surface area contributed by atoms with Gasteiger partial charge in [0.05, 0.1) is 51.9 Å². The lowest BCUT2D eigenvalue weighted by Gasteiger charge is -2.40. The van der Waals surface area contributed by atoms with Crippen LogP contribution in [0.2, 0.25) is 0 Å². The zero-order chi connectivity index (χ0) is 39.0. The van der Waals surface area contributed by atoms with Gasteiger partial charge < -0.3 is 18.9 Å². The molecule has 0 bridgehead atoms. The molecule has 0 aromatic heterocycles. The monoisotopic (exact) mass is 762 g/mol. The van der Waals surface area contributed by atoms with E-state index in [1.165, 1.54) is 4.90 Å². The molecule has 290 valence electrons. The number of nitriles is 1. The number of rotatable bonds is 17. The number of imide groups is 1. The highest BCUT2D eigenvalue weighted by atomic mass is 31.2. The van der Waals surface area contributed by atoms with Crippen molar-refractivity contribution in [3.63, 3.8) is 0 Å². The minimum atomic E-state index is -3.99. The Morgan fingerprint density at radius 1 is 0.907 bits per heavy atom. The lowest BCUT2D eigenvalue weighted by atomic mass is 9.79. The van der Waals surface area contributed by atoms with E-state index in [0.717, 1.165) is 16.7 Å². The normalized spacial score (nSPS) is 21.6. The van der Waals surface area contributed by atoms with Crippen molar-refractivity contribution < 1.29 is 42.1 Å². The molecule has 3 aromatic carbocycles. The van der Waals surface area contributed by atoms with Crippen LogP contribution in [0.3, 0.4) is 0 Å². The van der Waals surface area contributed by atoms with E-state index < -0.39 is 43.7 Å². The average molecular weight is 763 g/mol. The summed E-state index contributed by atoms with van der Waals surface area (Å²) in [6.07, 6.45) is -2.23. The van der Waals surface area contributed by atoms with Crippen LogP contribution in [-0.4, -0.2) is 86.0 Å². The van der Waals surface area contributed by atoms with E-state index in [0.29, 0.717) is 11.5 Å². The molecule has 0 spiro atoms. The number of ether oxygens (including phenoxy) is 4. The quantitative estimate of drug-likeness (QED) is 0.0874. The lowest BCUT2D eigenvalue weighted by molar-refractivity contribution is -0.129. The fourth-order valence-corrected chi connectivity index (χ4v) is 9.27. The maximum absolute atomic E-state index is 14.7. The number of nitrogens with zero attached hydrogens (tertiary/aromatic N) is 3. The lowest BCUT2D eigenvalue weighted by Crippen LogP contribution is -2.57. The molecule has 0 saturated carbocycles. The second-order valence-corrected chi connectivity index (χ2v) is 15.9. The molecule has 2 aliphatic heterocycles. The number of benzene rings is 3. The summed E-state index contributed by atoms with van der Waals surface area (Å²) in [5, 5.41) is 11.7. The summed E-state index contributed by atoms with van der Waals surface area (Å²) in [4.78, 5) is 27.1. The summed E-state index contributed by atoms with van der Waals surface area (Å²) in [5.74, 6) is 0.500. The van der Waals surface area contributed by atoms with Gasteiger partial charge in [-0.3, -0.25) is 24.1 Å². The molecule has 1 N–H and O–H groups in total. The SMILES string of the molecule is COc1ccc(C(O[C@H]2C[C@H](N3CC(C)C(=O)NC3=O)O[C@@H]2COP(=O)(OCCC#N)N(C(C)C)C(C)C)(c2ccccc2)c2ccc(OC)cc2)cc1. The molecule has 0 aliphatic carbocycles. The molecule has 0 radical (unpaired) electrons. The first-order chi connectivity index (χ1) is 25.9. The molecule has 2 unspecified atom stereocenters. The van der Waals surface area contributed by atoms with Gasteiger partial charge in [0.2, 0.25) is 5.91 Å². The van der Waals surface area contributed by atoms with Crippen LogP contribution in [0.25, 0.3) is 0 Å². The second kappa shape index (κ2) is 17.9. The molecule has 2 aliphatic rings. The number of carbonyl (C=O) groups is 2. The Morgan fingerprint density at radius 3 is 1.98 bits per heavy atom. The Bertz CT molecular complexity index is 1740. The van der Waals surface area contributed by atoms with Crippen molar-refractivity contribution in [1.82, 2.24) is 14.9 Å². The molecule has 2 heterocycles. The van der Waals surface area contributed by atoms with E-state index in [4.69, 9.17) is 28.0 Å². The number of nitrogens with one attached hydrogen (secondary N) is 1. The van der Waals surface area contributed by atoms with E-state index in [-0.39, 0.29) is 50.6 Å². The molecule has 5 rings (SSSR count). The fraction of sp³-hybridized carbons (Fsp3) is 0.475. The summed E-state index contributed by atoms with van der Waals surface area (Å²) < 4.78 is 53.6. The Labute approximate surface area is 318 Å². The van der Waals surface area contributed by atoms with Gasteiger partial charge in [-0.1, -0.05) is 61.5 Å². The van der Waals surface area contributed by atoms with Crippen molar-refractivity contribution in [1.29, 1.82) is 5.26 Å². The minimum Gasteiger partial charge on any atom is -0.497 e. The fourth-order valence-electron chi connectivity index (χ4n) is 7.14. The third kappa shape index (κ3) is 8.81. The van der Waals surface area contributed by atoms with Gasteiger partial charge in [-0.25, -0.2) is 14.0 Å². The Hall–Kier alpha value is -4.28. The summed E-state index contributed by atoms with van der Waals surface area (Å²) in [6.45, 7) is 9.14. The Balaban J connectivity index is 1.62. The van der Waals surface area contributed by atoms with Crippen molar-refractivity contribution in [3.8, 4) is 17.6 Å². The zero-order valence-corrected chi connectivity index (χ0v) is 32.9. The van der Waals surface area contributed by atoms with Crippen LogP contribution in [0.4, 0.5) is 4.79 Å². The van der Waals surface area contributed by atoms with Crippen LogP contribution < -0.4 is 14.8 Å². The van der Waals surface area contributed by atoms with Gasteiger partial charge >= 0.3 is 13.8 Å². The van der Waals surface area contributed by atoms with E-state index in [9.17, 15) is 19.4 Å². The van der Waals surface area contributed by atoms with Crippen LogP contribution in [-0.2, 0) is 33.5 Å². The van der Waals surface area contributed by atoms with Crippen LogP contribution in [0.1, 0.15) is 64.2 Å². The zero-order valence-electron chi connectivity index (χ0n) is 32.0. The van der Waals surface area contributed by atoms with Gasteiger partial charge in [0.1, 0.15) is 29.4 Å². The van der Waals surface area contributed by atoms with Gasteiger partial charge in [0, 0.05) is 25.0 Å². The number of methoxy groups -OCH3 is 2. The molecule has 2 saturated heterocycles. The minimum absolute atomic E-state index is 0.0232. The Kier molecular flexibility index (Phi) is 13.6. The molecular weight excluding hydrogens is 711 g/mol. The van der Waals surface area contributed by atoms with Crippen molar-refractivity contribution in [2.45, 2.75) is 83.6 Å². The van der Waals surface area contributed by atoms with Crippen molar-refractivity contribution in [3.05, 3.63) is 95.6 Å². The van der Waals surface area contributed by atoms with E-state index >= 15 is 0 Å². The standard InChI is InChI=1S/C40H51N4O9P/c1-27(2)44(28(3)4)54(47,50-23-11-22-41)51-26-36-35(24-37(52-36)43-25-29(5)38(45)42-39(43)46)53-40(30-12-9-8-10-13-30,31-14-18-33(48-6)19-15-31)32-16-20-34(49-7)21-17-32/h8-10,12-21,27-29,35-37H,11,23-26H2,1-7H3,(H,42,45,46)/t29?,35-,36+,37+,54?/m0/s1. The number of hydrogen-bond acceptors (Lipinski definition) is 10. The molecule has 13 nitrogen and oxygen atoms in total. The molecule has 14 heteroatoms. The number of carbonyl (C=O) groups excluding carboxylic acids is 2. The van der Waals surface area contributed by atoms with E-state index in [1.807, 2.05) is 113 Å². The first-order valence-electron chi connectivity index (χ1n) is 18.2. The van der Waals surface area contributed by atoms with Crippen LogP contribution in [0.5, 0.6) is 11.5 Å². The second-order valence-electron chi connectivity index (χ2n) is 13.9. The van der Waals surface area contributed by atoms with Crippen molar-refractivity contribution >= 4 is 19.7 Å². The molecule has 3 aromatic rings. The first kappa shape index (κ1) is 40.9. The predicted molar refractivity (Wildman–Crippen MR) is 202 cm³/mol. The summed E-state index contributed by atoms with van der Waals surface area (Å²) in [5.41, 5.74) is 1.14. The number of hydrogen-bond donors (Lipinski definition) is 1.